The number of amides is 2. The molecule has 2 atom stereocenters. The van der Waals surface area contributed by atoms with Crippen LogP contribution in [0.2, 0.25) is 5.02 Å². The number of halogens is 2. The average Bonchev–Trinajstić information content (AvgIpc) is 2.60. The monoisotopic (exact) mass is 490 g/mol. The van der Waals surface area contributed by atoms with E-state index in [1.54, 1.807) is 18.2 Å². The number of hydrogen-bond acceptors (Lipinski definition) is 3. The molecule has 1 aromatic carbocycles. The Morgan fingerprint density at radius 3 is 2.31 bits per heavy atom. The van der Waals surface area contributed by atoms with Gasteiger partial charge in [0.1, 0.15) is 0 Å². The first-order chi connectivity index (χ1) is 12.3. The lowest BCUT2D eigenvalue weighted by molar-refractivity contribution is -0.148. The Kier molecular flexibility index (Phi) is 6.45. The van der Waals surface area contributed by atoms with Gasteiger partial charge in [-0.15, -0.1) is 0 Å². The molecule has 142 valence electrons. The Bertz CT molecular complexity index is 681. The molecule has 2 aliphatic rings. The van der Waals surface area contributed by atoms with Crippen molar-refractivity contribution >= 4 is 46.0 Å². The molecular formula is C19H24ClIN2O3. The molecule has 2 aliphatic heterocycles. The van der Waals surface area contributed by atoms with Gasteiger partial charge in [-0.3, -0.25) is 9.59 Å². The topological polar surface area (TPSA) is 49.9 Å². The first-order valence-corrected chi connectivity index (χ1v) is 10.5. The Morgan fingerprint density at radius 2 is 1.73 bits per heavy atom. The van der Waals surface area contributed by atoms with Gasteiger partial charge in [-0.2, -0.15) is 0 Å². The fraction of sp³-hybridized carbons (Fsp3) is 0.579. The van der Waals surface area contributed by atoms with Crippen molar-refractivity contribution < 1.29 is 14.3 Å². The summed E-state index contributed by atoms with van der Waals surface area (Å²) in [5, 5.41) is 0.629. The molecule has 0 radical (unpaired) electrons. The van der Waals surface area contributed by atoms with Crippen molar-refractivity contribution in [3.63, 3.8) is 0 Å². The Balaban J connectivity index is 1.58. The van der Waals surface area contributed by atoms with E-state index in [0.717, 1.165) is 16.4 Å². The molecule has 0 aromatic heterocycles. The number of carbonyl (C=O) groups is 2. The zero-order valence-corrected chi connectivity index (χ0v) is 18.0. The van der Waals surface area contributed by atoms with E-state index in [-0.39, 0.29) is 29.9 Å². The molecule has 0 aliphatic carbocycles. The molecule has 2 fully saturated rings. The maximum Gasteiger partial charge on any atom is 0.254 e. The first kappa shape index (κ1) is 19.9. The third-order valence-electron chi connectivity index (χ3n) is 5.02. The van der Waals surface area contributed by atoms with Crippen LogP contribution >= 0.6 is 34.2 Å². The maximum atomic E-state index is 12.8. The van der Waals surface area contributed by atoms with Crippen LogP contribution < -0.4 is 0 Å². The Labute approximate surface area is 173 Å². The van der Waals surface area contributed by atoms with Crippen LogP contribution in [0.1, 0.15) is 37.0 Å². The summed E-state index contributed by atoms with van der Waals surface area (Å²) < 4.78 is 6.57. The smallest absolute Gasteiger partial charge is 0.254 e. The Morgan fingerprint density at radius 1 is 1.12 bits per heavy atom. The summed E-state index contributed by atoms with van der Waals surface area (Å²) in [6.07, 6.45) is 1.59. The molecule has 2 unspecified atom stereocenters. The van der Waals surface area contributed by atoms with Crippen molar-refractivity contribution in [2.75, 3.05) is 26.2 Å². The number of nitrogens with zero attached hydrogens (tertiary/aromatic N) is 2. The highest BCUT2D eigenvalue weighted by molar-refractivity contribution is 14.1. The van der Waals surface area contributed by atoms with E-state index in [2.05, 4.69) is 22.6 Å². The summed E-state index contributed by atoms with van der Waals surface area (Å²) >= 11 is 8.12. The molecule has 1 aromatic rings. The maximum absolute atomic E-state index is 12.8. The zero-order chi connectivity index (χ0) is 18.8. The Hall–Kier alpha value is -0.860. The van der Waals surface area contributed by atoms with Crippen LogP contribution in [0.3, 0.4) is 0 Å². The molecule has 2 saturated heterocycles. The van der Waals surface area contributed by atoms with Crippen LogP contribution in [0.25, 0.3) is 0 Å². The van der Waals surface area contributed by atoms with Crippen LogP contribution in [-0.4, -0.2) is 60.0 Å². The standard InChI is InChI=1S/C19H24ClIN2O3/c1-12-10-23(11-13(2)26-12)18(24)14-5-7-22(8-6-14)19(25)16-4-3-15(20)9-17(16)21/h3-4,9,12-14H,5-8,10-11H2,1-2H3. The van der Waals surface area contributed by atoms with E-state index in [1.807, 2.05) is 23.6 Å². The highest BCUT2D eigenvalue weighted by Crippen LogP contribution is 2.25. The number of ether oxygens (including phenoxy) is 1. The van der Waals surface area contributed by atoms with Gasteiger partial charge < -0.3 is 14.5 Å². The fourth-order valence-electron chi connectivity index (χ4n) is 3.78. The molecule has 0 spiro atoms. The second kappa shape index (κ2) is 8.44. The largest absolute Gasteiger partial charge is 0.372 e. The predicted molar refractivity (Wildman–Crippen MR) is 109 cm³/mol. The predicted octanol–water partition coefficient (Wildman–Crippen LogP) is 3.43. The van der Waals surface area contributed by atoms with Gasteiger partial charge in [-0.1, -0.05) is 11.6 Å². The highest BCUT2D eigenvalue weighted by Gasteiger charge is 2.33. The molecule has 3 rings (SSSR count). The lowest BCUT2D eigenvalue weighted by atomic mass is 9.94. The number of carbonyl (C=O) groups excluding carboxylic acids is 2. The number of hydrogen-bond donors (Lipinski definition) is 0. The third kappa shape index (κ3) is 4.51. The number of likely N-dealkylation sites (tertiary alicyclic amines) is 1. The van der Waals surface area contributed by atoms with Gasteiger partial charge in [-0.25, -0.2) is 0 Å². The zero-order valence-electron chi connectivity index (χ0n) is 15.1. The summed E-state index contributed by atoms with van der Waals surface area (Å²) in [4.78, 5) is 29.4. The minimum Gasteiger partial charge on any atom is -0.372 e. The van der Waals surface area contributed by atoms with Crippen LogP contribution in [0.5, 0.6) is 0 Å². The molecule has 7 heteroatoms. The van der Waals surface area contributed by atoms with Gasteiger partial charge in [0.05, 0.1) is 17.8 Å². The molecule has 0 saturated carbocycles. The van der Waals surface area contributed by atoms with Gasteiger partial charge in [0.25, 0.3) is 5.91 Å². The van der Waals surface area contributed by atoms with Gasteiger partial charge in [0.15, 0.2) is 0 Å². The van der Waals surface area contributed by atoms with E-state index in [1.165, 1.54) is 0 Å². The van der Waals surface area contributed by atoms with E-state index in [9.17, 15) is 9.59 Å². The second-order valence-corrected chi connectivity index (χ2v) is 8.79. The van der Waals surface area contributed by atoms with Crippen molar-refractivity contribution in [1.29, 1.82) is 0 Å². The number of rotatable bonds is 2. The number of benzene rings is 1. The third-order valence-corrected chi connectivity index (χ3v) is 6.15. The average molecular weight is 491 g/mol. The molecule has 5 nitrogen and oxygen atoms in total. The van der Waals surface area contributed by atoms with E-state index >= 15 is 0 Å². The summed E-state index contributed by atoms with van der Waals surface area (Å²) in [5.74, 6) is 0.228. The fourth-order valence-corrected chi connectivity index (χ4v) is 4.88. The quantitative estimate of drug-likeness (QED) is 0.597. The minimum absolute atomic E-state index is 0.000778. The molecule has 0 bridgehead atoms. The van der Waals surface area contributed by atoms with E-state index in [0.29, 0.717) is 36.8 Å². The van der Waals surface area contributed by atoms with Crippen molar-refractivity contribution in [3.8, 4) is 0 Å². The van der Waals surface area contributed by atoms with Gasteiger partial charge in [0, 0.05) is 40.7 Å². The molecule has 0 N–H and O–H groups in total. The van der Waals surface area contributed by atoms with Gasteiger partial charge in [-0.05, 0) is 67.5 Å². The lowest BCUT2D eigenvalue weighted by Crippen LogP contribution is -2.51. The van der Waals surface area contributed by atoms with Crippen LogP contribution in [0, 0.1) is 9.49 Å². The van der Waals surface area contributed by atoms with Crippen LogP contribution in [0.15, 0.2) is 18.2 Å². The van der Waals surface area contributed by atoms with Crippen molar-refractivity contribution in [2.24, 2.45) is 5.92 Å². The summed E-state index contributed by atoms with van der Waals surface area (Å²) in [5.41, 5.74) is 0.676. The van der Waals surface area contributed by atoms with E-state index < -0.39 is 0 Å². The molecular weight excluding hydrogens is 467 g/mol. The summed E-state index contributed by atoms with van der Waals surface area (Å²) in [6, 6.07) is 5.32. The van der Waals surface area contributed by atoms with E-state index in [4.69, 9.17) is 16.3 Å². The van der Waals surface area contributed by atoms with Crippen molar-refractivity contribution in [2.45, 2.75) is 38.9 Å². The lowest BCUT2D eigenvalue weighted by Gasteiger charge is -2.39. The summed E-state index contributed by atoms with van der Waals surface area (Å²) in [7, 11) is 0. The summed E-state index contributed by atoms with van der Waals surface area (Å²) in [6.45, 7) is 6.55. The van der Waals surface area contributed by atoms with Crippen molar-refractivity contribution in [3.05, 3.63) is 32.4 Å². The second-order valence-electron chi connectivity index (χ2n) is 7.19. The SMILES string of the molecule is CC1CN(C(=O)C2CCN(C(=O)c3ccc(Cl)cc3I)CC2)CC(C)O1. The van der Waals surface area contributed by atoms with Crippen molar-refractivity contribution in [1.82, 2.24) is 9.80 Å². The minimum atomic E-state index is 0.000778. The van der Waals surface area contributed by atoms with Gasteiger partial charge in [0.2, 0.25) is 5.91 Å². The highest BCUT2D eigenvalue weighted by atomic mass is 127. The molecule has 2 heterocycles. The molecule has 26 heavy (non-hydrogen) atoms. The molecule has 2 amide bonds. The van der Waals surface area contributed by atoms with Gasteiger partial charge >= 0.3 is 0 Å². The number of morpholine rings is 1. The number of piperidine rings is 1. The normalized spacial score (nSPS) is 24.6. The van der Waals surface area contributed by atoms with Crippen LogP contribution in [-0.2, 0) is 9.53 Å². The first-order valence-electron chi connectivity index (χ1n) is 9.03. The van der Waals surface area contributed by atoms with Crippen LogP contribution in [0.4, 0.5) is 0 Å².